The molecule has 2 aliphatic rings. The van der Waals surface area contributed by atoms with Gasteiger partial charge in [-0.3, -0.25) is 14.9 Å². The average Bonchev–Trinajstić information content (AvgIpc) is 3.42. The molecule has 3 N–H and O–H groups in total. The zero-order valence-electron chi connectivity index (χ0n) is 19.4. The maximum atomic E-state index is 13.3. The van der Waals surface area contributed by atoms with E-state index < -0.39 is 0 Å². The Bertz CT molecular complexity index is 1180. The summed E-state index contributed by atoms with van der Waals surface area (Å²) in [5.41, 5.74) is 9.21. The van der Waals surface area contributed by atoms with Crippen LogP contribution in [0, 0.1) is 11.2 Å². The van der Waals surface area contributed by atoms with Crippen molar-refractivity contribution in [1.82, 2.24) is 24.6 Å². The van der Waals surface area contributed by atoms with Crippen molar-refractivity contribution in [2.75, 3.05) is 37.2 Å². The van der Waals surface area contributed by atoms with E-state index in [4.69, 9.17) is 5.73 Å². The predicted molar refractivity (Wildman–Crippen MR) is 129 cm³/mol. The van der Waals surface area contributed by atoms with E-state index >= 15 is 0 Å². The van der Waals surface area contributed by atoms with E-state index in [-0.39, 0.29) is 17.3 Å². The van der Waals surface area contributed by atoms with Gasteiger partial charge in [-0.25, -0.2) is 14.2 Å². The Morgan fingerprint density at radius 3 is 2.74 bits per heavy atom. The molecular formula is C25H30FN7O. The number of anilines is 2. The first-order valence-corrected chi connectivity index (χ1v) is 11.7. The molecule has 1 unspecified atom stereocenters. The quantitative estimate of drug-likeness (QED) is 0.615. The Balaban J connectivity index is 1.24. The van der Waals surface area contributed by atoms with E-state index in [1.54, 1.807) is 24.3 Å². The third-order valence-corrected chi connectivity index (χ3v) is 6.92. The Morgan fingerprint density at radius 2 is 1.97 bits per heavy atom. The number of benzene rings is 1. The molecule has 1 aromatic carbocycles. The molecule has 2 aliphatic heterocycles. The van der Waals surface area contributed by atoms with Crippen LogP contribution < -0.4 is 11.1 Å². The summed E-state index contributed by atoms with van der Waals surface area (Å²) in [6.07, 6.45) is 7.23. The zero-order valence-corrected chi connectivity index (χ0v) is 19.4. The number of piperidine rings is 1. The molecule has 4 heterocycles. The van der Waals surface area contributed by atoms with E-state index in [1.165, 1.54) is 17.7 Å². The highest BCUT2D eigenvalue weighted by Crippen LogP contribution is 2.39. The van der Waals surface area contributed by atoms with Crippen LogP contribution in [-0.2, 0) is 13.6 Å². The van der Waals surface area contributed by atoms with Crippen LogP contribution in [-0.4, -0.2) is 56.8 Å². The van der Waals surface area contributed by atoms with Crippen LogP contribution in [0.25, 0.3) is 11.3 Å². The number of aryl methyl sites for hydroxylation is 1. The van der Waals surface area contributed by atoms with E-state index in [2.05, 4.69) is 26.5 Å². The first-order valence-electron chi connectivity index (χ1n) is 11.7. The standard InChI is InChI=1S/C25H30FN7O/c1-31-14-18(13-28-31)15-32-11-2-9-25(16-32)10-12-33(17-25)24(34)30-23-21(27)7-8-22(29-23)19-3-5-20(26)6-4-19/h3-8,13-14H,2,9-12,15-17,27H2,1H3,(H,29,30,34). The van der Waals surface area contributed by atoms with Gasteiger partial charge in [-0.05, 0) is 62.2 Å². The molecule has 5 rings (SSSR count). The van der Waals surface area contributed by atoms with Crippen molar-refractivity contribution in [3.8, 4) is 11.3 Å². The molecule has 0 aliphatic carbocycles. The van der Waals surface area contributed by atoms with Crippen molar-refractivity contribution < 1.29 is 9.18 Å². The monoisotopic (exact) mass is 463 g/mol. The van der Waals surface area contributed by atoms with E-state index in [0.29, 0.717) is 23.7 Å². The van der Waals surface area contributed by atoms with Crippen LogP contribution in [0.2, 0.25) is 0 Å². The molecule has 8 nitrogen and oxygen atoms in total. The molecule has 1 atom stereocenters. The third kappa shape index (κ3) is 4.75. The van der Waals surface area contributed by atoms with Crippen LogP contribution >= 0.6 is 0 Å². The van der Waals surface area contributed by atoms with Gasteiger partial charge in [-0.1, -0.05) is 0 Å². The van der Waals surface area contributed by atoms with Gasteiger partial charge < -0.3 is 10.6 Å². The number of nitrogens with zero attached hydrogens (tertiary/aromatic N) is 5. The van der Waals surface area contributed by atoms with Crippen LogP contribution in [0.15, 0.2) is 48.8 Å². The fourth-order valence-corrected chi connectivity index (χ4v) is 5.23. The number of carbonyl (C=O) groups excluding carboxylic acids is 1. The minimum absolute atomic E-state index is 0.118. The molecule has 3 aromatic rings. The Hall–Kier alpha value is -3.46. The summed E-state index contributed by atoms with van der Waals surface area (Å²) in [4.78, 5) is 22.0. The number of nitrogens with one attached hydrogen (secondary N) is 1. The lowest BCUT2D eigenvalue weighted by Crippen LogP contribution is -2.45. The fraction of sp³-hybridized carbons (Fsp3) is 0.400. The molecule has 178 valence electrons. The maximum Gasteiger partial charge on any atom is 0.323 e. The minimum atomic E-state index is -0.308. The average molecular weight is 464 g/mol. The number of nitrogens with two attached hydrogens (primary N) is 1. The third-order valence-electron chi connectivity index (χ3n) is 6.92. The summed E-state index contributed by atoms with van der Waals surface area (Å²) in [6.45, 7) is 4.37. The number of rotatable bonds is 4. The van der Waals surface area contributed by atoms with Gasteiger partial charge in [0.25, 0.3) is 0 Å². The lowest BCUT2D eigenvalue weighted by Gasteiger charge is -2.40. The Kier molecular flexibility index (Phi) is 5.95. The van der Waals surface area contributed by atoms with Gasteiger partial charge in [0.15, 0.2) is 5.82 Å². The summed E-state index contributed by atoms with van der Waals surface area (Å²) in [6, 6.07) is 9.38. The van der Waals surface area contributed by atoms with Crippen LogP contribution in [0.3, 0.4) is 0 Å². The second-order valence-electron chi connectivity index (χ2n) is 9.58. The van der Waals surface area contributed by atoms with Gasteiger partial charge in [-0.15, -0.1) is 0 Å². The smallest absolute Gasteiger partial charge is 0.323 e. The lowest BCUT2D eigenvalue weighted by atomic mass is 9.79. The van der Waals surface area contributed by atoms with Gasteiger partial charge in [-0.2, -0.15) is 5.10 Å². The SMILES string of the molecule is Cn1cc(CN2CCCC3(CCN(C(=O)Nc4nc(-c5ccc(F)cc5)ccc4N)C3)C2)cn1. The van der Waals surface area contributed by atoms with Crippen molar-refractivity contribution >= 4 is 17.5 Å². The highest BCUT2D eigenvalue weighted by atomic mass is 19.1. The van der Waals surface area contributed by atoms with Crippen LogP contribution in [0.1, 0.15) is 24.8 Å². The summed E-state index contributed by atoms with van der Waals surface area (Å²) >= 11 is 0. The first-order chi connectivity index (χ1) is 16.4. The molecule has 2 saturated heterocycles. The highest BCUT2D eigenvalue weighted by Gasteiger charge is 2.42. The molecular weight excluding hydrogens is 433 g/mol. The predicted octanol–water partition coefficient (Wildman–Crippen LogP) is 3.72. The molecule has 9 heteroatoms. The van der Waals surface area contributed by atoms with E-state index in [9.17, 15) is 9.18 Å². The Labute approximate surface area is 198 Å². The maximum absolute atomic E-state index is 13.3. The van der Waals surface area contributed by atoms with Crippen molar-refractivity contribution in [2.24, 2.45) is 12.5 Å². The number of urea groups is 1. The lowest BCUT2D eigenvalue weighted by molar-refractivity contribution is 0.0905. The molecule has 2 amide bonds. The number of likely N-dealkylation sites (tertiary alicyclic amines) is 2. The van der Waals surface area contributed by atoms with E-state index in [1.807, 2.05) is 22.8 Å². The number of carbonyl (C=O) groups is 1. The number of hydrogen-bond donors (Lipinski definition) is 2. The van der Waals surface area contributed by atoms with Crippen molar-refractivity contribution in [3.63, 3.8) is 0 Å². The van der Waals surface area contributed by atoms with Crippen LogP contribution in [0.4, 0.5) is 20.7 Å². The van der Waals surface area contributed by atoms with Crippen molar-refractivity contribution in [2.45, 2.75) is 25.8 Å². The number of pyridine rings is 1. The van der Waals surface area contributed by atoms with Gasteiger partial charge in [0.2, 0.25) is 0 Å². The van der Waals surface area contributed by atoms with Crippen LogP contribution in [0.5, 0.6) is 0 Å². The second-order valence-corrected chi connectivity index (χ2v) is 9.58. The molecule has 0 bridgehead atoms. The highest BCUT2D eigenvalue weighted by molar-refractivity contribution is 5.92. The minimum Gasteiger partial charge on any atom is -0.396 e. The first kappa shape index (κ1) is 22.3. The number of aromatic nitrogens is 3. The molecule has 0 saturated carbocycles. The van der Waals surface area contributed by atoms with Gasteiger partial charge >= 0.3 is 6.03 Å². The van der Waals surface area contributed by atoms with Crippen molar-refractivity contribution in [1.29, 1.82) is 0 Å². The number of hydrogen-bond acceptors (Lipinski definition) is 5. The summed E-state index contributed by atoms with van der Waals surface area (Å²) < 4.78 is 15.1. The number of halogens is 1. The number of amides is 2. The summed E-state index contributed by atoms with van der Waals surface area (Å²) in [5, 5.41) is 7.18. The van der Waals surface area contributed by atoms with Crippen molar-refractivity contribution in [3.05, 3.63) is 60.2 Å². The van der Waals surface area contributed by atoms with Gasteiger partial charge in [0.1, 0.15) is 5.82 Å². The van der Waals surface area contributed by atoms with Gasteiger partial charge in [0.05, 0.1) is 17.6 Å². The summed E-state index contributed by atoms with van der Waals surface area (Å²) in [7, 11) is 1.94. The summed E-state index contributed by atoms with van der Waals surface area (Å²) in [5.74, 6) is 0.0204. The molecule has 34 heavy (non-hydrogen) atoms. The Morgan fingerprint density at radius 1 is 1.15 bits per heavy atom. The number of nitrogen functional groups attached to an aromatic ring is 1. The zero-order chi connectivity index (χ0) is 23.7. The molecule has 0 radical (unpaired) electrons. The largest absolute Gasteiger partial charge is 0.396 e. The van der Waals surface area contributed by atoms with Gasteiger partial charge in [0, 0.05) is 56.0 Å². The second kappa shape index (κ2) is 9.06. The fourth-order valence-electron chi connectivity index (χ4n) is 5.23. The molecule has 1 spiro atoms. The molecule has 2 fully saturated rings. The molecule has 2 aromatic heterocycles. The normalized spacial score (nSPS) is 20.7. The van der Waals surface area contributed by atoms with E-state index in [0.717, 1.165) is 51.0 Å². The topological polar surface area (TPSA) is 92.3 Å².